The molecule has 0 radical (unpaired) electrons. The van der Waals surface area contributed by atoms with E-state index in [0.29, 0.717) is 15.7 Å². The first-order valence-electron chi connectivity index (χ1n) is 4.84. The van der Waals surface area contributed by atoms with Crippen molar-refractivity contribution in [2.24, 2.45) is 4.99 Å². The highest BCUT2D eigenvalue weighted by atomic mass is 35.5. The number of nitrogens with zero attached hydrogens (tertiary/aromatic N) is 1. The average Bonchev–Trinajstić information content (AvgIpc) is 2.33. The molecule has 0 atom stereocenters. The summed E-state index contributed by atoms with van der Waals surface area (Å²) in [6, 6.07) is 12.6. The molecular formula is C13H7Cl2NO. The summed E-state index contributed by atoms with van der Waals surface area (Å²) in [4.78, 5) is 13.8. The molecule has 4 heteroatoms. The molecule has 0 saturated heterocycles. The summed E-state index contributed by atoms with van der Waals surface area (Å²) in [6.07, 6.45) is 1.51. The van der Waals surface area contributed by atoms with Crippen molar-refractivity contribution in [1.82, 2.24) is 0 Å². The lowest BCUT2D eigenvalue weighted by atomic mass is 10.1. The molecular weight excluding hydrogens is 257 g/mol. The minimum atomic E-state index is 0.494. The Morgan fingerprint density at radius 3 is 2.41 bits per heavy atom. The van der Waals surface area contributed by atoms with Crippen molar-refractivity contribution < 1.29 is 4.79 Å². The minimum absolute atomic E-state index is 0.494. The molecule has 0 aliphatic rings. The van der Waals surface area contributed by atoms with Crippen LogP contribution in [0.15, 0.2) is 47.5 Å². The fraction of sp³-hybridized carbons (Fsp3) is 0. The van der Waals surface area contributed by atoms with Crippen molar-refractivity contribution in [3.63, 3.8) is 0 Å². The second-order valence-electron chi connectivity index (χ2n) is 3.38. The molecule has 0 aromatic heterocycles. The van der Waals surface area contributed by atoms with Crippen molar-refractivity contribution in [3.8, 4) is 11.1 Å². The Morgan fingerprint density at radius 1 is 0.941 bits per heavy atom. The number of hydrogen-bond acceptors (Lipinski definition) is 2. The average molecular weight is 264 g/mol. The van der Waals surface area contributed by atoms with E-state index in [4.69, 9.17) is 23.2 Å². The van der Waals surface area contributed by atoms with Crippen LogP contribution in [-0.2, 0) is 4.79 Å². The third-order valence-electron chi connectivity index (χ3n) is 2.27. The molecule has 0 saturated carbocycles. The van der Waals surface area contributed by atoms with Crippen molar-refractivity contribution in [2.45, 2.75) is 0 Å². The molecule has 0 fully saturated rings. The Hall–Kier alpha value is -1.60. The van der Waals surface area contributed by atoms with Crippen LogP contribution in [0.4, 0.5) is 5.69 Å². The standard InChI is InChI=1S/C13H7Cl2NO/c14-12-5-4-10(7-13(12)15)9-2-1-3-11(6-9)16-8-17/h1-7H. The van der Waals surface area contributed by atoms with Crippen LogP contribution in [0.3, 0.4) is 0 Å². The van der Waals surface area contributed by atoms with Crippen LogP contribution < -0.4 is 0 Å². The maximum atomic E-state index is 10.2. The van der Waals surface area contributed by atoms with Crippen LogP contribution in [0.2, 0.25) is 10.0 Å². The van der Waals surface area contributed by atoms with Crippen LogP contribution >= 0.6 is 23.2 Å². The van der Waals surface area contributed by atoms with E-state index in [9.17, 15) is 4.79 Å². The highest BCUT2D eigenvalue weighted by molar-refractivity contribution is 6.42. The molecule has 2 aromatic carbocycles. The molecule has 84 valence electrons. The molecule has 2 rings (SSSR count). The number of aliphatic imine (C=N–C) groups is 1. The van der Waals surface area contributed by atoms with Gasteiger partial charge < -0.3 is 0 Å². The number of hydrogen-bond donors (Lipinski definition) is 0. The van der Waals surface area contributed by atoms with Crippen LogP contribution in [0.1, 0.15) is 0 Å². The van der Waals surface area contributed by atoms with Gasteiger partial charge in [-0.15, -0.1) is 0 Å². The van der Waals surface area contributed by atoms with Gasteiger partial charge in [-0.05, 0) is 35.4 Å². The number of carbonyl (C=O) groups excluding carboxylic acids is 1. The molecule has 0 aliphatic heterocycles. The van der Waals surface area contributed by atoms with Crippen molar-refractivity contribution in [2.75, 3.05) is 0 Å². The lowest BCUT2D eigenvalue weighted by Gasteiger charge is -2.04. The van der Waals surface area contributed by atoms with Gasteiger partial charge in [0.05, 0.1) is 15.7 Å². The van der Waals surface area contributed by atoms with E-state index in [-0.39, 0.29) is 0 Å². The Bertz CT molecular complexity index is 604. The lowest BCUT2D eigenvalue weighted by molar-refractivity contribution is 0.565. The van der Waals surface area contributed by atoms with E-state index in [0.717, 1.165) is 11.1 Å². The smallest absolute Gasteiger partial charge is 0.211 e. The molecule has 0 unspecified atom stereocenters. The van der Waals surface area contributed by atoms with Crippen molar-refractivity contribution in [1.29, 1.82) is 0 Å². The quantitative estimate of drug-likeness (QED) is 0.574. The Morgan fingerprint density at radius 2 is 1.71 bits per heavy atom. The molecule has 0 bridgehead atoms. The van der Waals surface area contributed by atoms with Crippen LogP contribution in [0.25, 0.3) is 11.1 Å². The van der Waals surface area contributed by atoms with Gasteiger partial charge in [-0.25, -0.2) is 4.79 Å². The first-order valence-corrected chi connectivity index (χ1v) is 5.59. The summed E-state index contributed by atoms with van der Waals surface area (Å²) in [7, 11) is 0. The third kappa shape index (κ3) is 2.75. The maximum absolute atomic E-state index is 10.2. The summed E-state index contributed by atoms with van der Waals surface area (Å²) in [5.74, 6) is 0. The van der Waals surface area contributed by atoms with Gasteiger partial charge in [-0.2, -0.15) is 4.99 Å². The summed E-state index contributed by atoms with van der Waals surface area (Å²) >= 11 is 11.8. The second kappa shape index (κ2) is 5.15. The topological polar surface area (TPSA) is 29.4 Å². The van der Waals surface area contributed by atoms with Gasteiger partial charge in [0.1, 0.15) is 0 Å². The lowest BCUT2D eigenvalue weighted by Crippen LogP contribution is -1.78. The van der Waals surface area contributed by atoms with Gasteiger partial charge in [-0.1, -0.05) is 41.4 Å². The van der Waals surface area contributed by atoms with Crippen molar-refractivity contribution in [3.05, 3.63) is 52.5 Å². The number of rotatable bonds is 2. The zero-order valence-corrected chi connectivity index (χ0v) is 10.2. The van der Waals surface area contributed by atoms with Gasteiger partial charge in [0.2, 0.25) is 6.08 Å². The first kappa shape index (κ1) is 11.9. The summed E-state index contributed by atoms with van der Waals surface area (Å²) in [5.41, 5.74) is 2.39. The zero-order chi connectivity index (χ0) is 12.3. The molecule has 0 aliphatic carbocycles. The Labute approximate surface area is 109 Å². The summed E-state index contributed by atoms with van der Waals surface area (Å²) in [5, 5.41) is 1.01. The number of benzene rings is 2. The molecule has 0 spiro atoms. The predicted octanol–water partition coefficient (Wildman–Crippen LogP) is 4.63. The molecule has 0 amide bonds. The SMILES string of the molecule is O=C=Nc1cccc(-c2ccc(Cl)c(Cl)c2)c1. The zero-order valence-electron chi connectivity index (χ0n) is 8.65. The van der Waals surface area contributed by atoms with Crippen LogP contribution in [0.5, 0.6) is 0 Å². The van der Waals surface area contributed by atoms with Gasteiger partial charge in [0.15, 0.2) is 0 Å². The van der Waals surface area contributed by atoms with Gasteiger partial charge in [0, 0.05) is 0 Å². The summed E-state index contributed by atoms with van der Waals surface area (Å²) < 4.78 is 0. The molecule has 0 N–H and O–H groups in total. The molecule has 2 nitrogen and oxygen atoms in total. The van der Waals surface area contributed by atoms with Gasteiger partial charge >= 0.3 is 0 Å². The monoisotopic (exact) mass is 263 g/mol. The van der Waals surface area contributed by atoms with Gasteiger partial charge in [-0.3, -0.25) is 0 Å². The highest BCUT2D eigenvalue weighted by Crippen LogP contribution is 2.30. The fourth-order valence-corrected chi connectivity index (χ4v) is 1.78. The van der Waals surface area contributed by atoms with Gasteiger partial charge in [0.25, 0.3) is 0 Å². The second-order valence-corrected chi connectivity index (χ2v) is 4.20. The van der Waals surface area contributed by atoms with E-state index < -0.39 is 0 Å². The van der Waals surface area contributed by atoms with E-state index in [1.807, 2.05) is 18.2 Å². The normalized spacial score (nSPS) is 9.76. The van der Waals surface area contributed by atoms with E-state index in [2.05, 4.69) is 4.99 Å². The fourth-order valence-electron chi connectivity index (χ4n) is 1.48. The Balaban J connectivity index is 2.48. The summed E-state index contributed by atoms with van der Waals surface area (Å²) in [6.45, 7) is 0. The predicted molar refractivity (Wildman–Crippen MR) is 69.7 cm³/mol. The number of halogens is 2. The largest absolute Gasteiger partial charge is 0.240 e. The van der Waals surface area contributed by atoms with Crippen molar-refractivity contribution >= 4 is 35.0 Å². The first-order chi connectivity index (χ1) is 8.20. The minimum Gasteiger partial charge on any atom is -0.211 e. The third-order valence-corrected chi connectivity index (χ3v) is 3.01. The van der Waals surface area contributed by atoms with E-state index >= 15 is 0 Å². The maximum Gasteiger partial charge on any atom is 0.240 e. The Kier molecular flexibility index (Phi) is 3.60. The van der Waals surface area contributed by atoms with Crippen LogP contribution in [-0.4, -0.2) is 6.08 Å². The molecule has 17 heavy (non-hydrogen) atoms. The van der Waals surface area contributed by atoms with E-state index in [1.165, 1.54) is 6.08 Å². The molecule has 0 heterocycles. The number of isocyanates is 1. The highest BCUT2D eigenvalue weighted by Gasteiger charge is 2.02. The van der Waals surface area contributed by atoms with Crippen LogP contribution in [0, 0.1) is 0 Å². The molecule has 2 aromatic rings. The van der Waals surface area contributed by atoms with E-state index in [1.54, 1.807) is 24.3 Å².